The number of likely N-dealkylation sites (tertiary alicyclic amines) is 1. The van der Waals surface area contributed by atoms with E-state index in [1.54, 1.807) is 55.7 Å². The molecule has 0 spiro atoms. The van der Waals surface area contributed by atoms with Crippen LogP contribution in [0.15, 0.2) is 72.6 Å². The number of carbonyl (C=O) groups excluding carboxylic acids is 2. The summed E-state index contributed by atoms with van der Waals surface area (Å²) in [5.74, 6) is -1.99. The fourth-order valence-corrected chi connectivity index (χ4v) is 3.93. The zero-order valence-electron chi connectivity index (χ0n) is 17.6. The van der Waals surface area contributed by atoms with Gasteiger partial charge in [-0.25, -0.2) is 4.39 Å². The maximum absolute atomic E-state index is 14.8. The third kappa shape index (κ3) is 3.73. The number of rotatable bonds is 5. The molecule has 1 amide bonds. The Bertz CT molecular complexity index is 1220. The fraction of sp³-hybridized carbons (Fsp3) is 0.160. The number of aromatic nitrogens is 1. The number of Topliss-reactive ketones (excluding diaryl/α,β-unsaturated/α-hetero) is 1. The lowest BCUT2D eigenvalue weighted by Gasteiger charge is -2.25. The highest BCUT2D eigenvalue weighted by molar-refractivity contribution is 6.46. The Morgan fingerprint density at radius 1 is 1.12 bits per heavy atom. The van der Waals surface area contributed by atoms with Crippen LogP contribution in [0.5, 0.6) is 5.75 Å². The first-order valence-corrected chi connectivity index (χ1v) is 9.99. The number of aryl methyl sites for hydroxylation is 1. The molecule has 0 aliphatic carbocycles. The molecule has 162 valence electrons. The summed E-state index contributed by atoms with van der Waals surface area (Å²) in [6.07, 6.45) is 3.15. The van der Waals surface area contributed by atoms with Crippen LogP contribution in [0.3, 0.4) is 0 Å². The van der Waals surface area contributed by atoms with Gasteiger partial charge in [0.05, 0.1) is 18.7 Å². The maximum Gasteiger partial charge on any atom is 0.295 e. The number of ether oxygens (including phenoxy) is 1. The number of benzene rings is 2. The summed E-state index contributed by atoms with van der Waals surface area (Å²) in [6, 6.07) is 13.2. The molecule has 4 rings (SSSR count). The average molecular weight is 432 g/mol. The normalized spacial score (nSPS) is 17.6. The second-order valence-corrected chi connectivity index (χ2v) is 7.49. The first-order chi connectivity index (χ1) is 15.4. The minimum Gasteiger partial charge on any atom is -0.507 e. The van der Waals surface area contributed by atoms with Crippen LogP contribution in [0.2, 0.25) is 0 Å². The van der Waals surface area contributed by atoms with Crippen LogP contribution in [0.1, 0.15) is 28.3 Å². The average Bonchev–Trinajstić information content (AvgIpc) is 3.04. The molecular weight excluding hydrogens is 411 g/mol. The number of methoxy groups -OCH3 is 1. The topological polar surface area (TPSA) is 79.7 Å². The summed E-state index contributed by atoms with van der Waals surface area (Å²) in [5, 5.41) is 11.1. The van der Waals surface area contributed by atoms with Gasteiger partial charge in [0.2, 0.25) is 0 Å². The van der Waals surface area contributed by atoms with Crippen molar-refractivity contribution in [2.75, 3.05) is 7.11 Å². The molecule has 0 radical (unpaired) electrons. The minimum absolute atomic E-state index is 0.0600. The van der Waals surface area contributed by atoms with Crippen molar-refractivity contribution in [2.45, 2.75) is 19.5 Å². The highest BCUT2D eigenvalue weighted by Gasteiger charge is 2.46. The SMILES string of the molecule is COc1ccc(/C(O)=C2\C(=O)C(=O)N(Cc3ccncc3)C2c2ccccc2F)cc1C. The molecule has 1 unspecified atom stereocenters. The van der Waals surface area contributed by atoms with E-state index in [0.29, 0.717) is 11.3 Å². The Balaban J connectivity index is 1.89. The molecule has 2 heterocycles. The molecule has 1 aliphatic rings. The van der Waals surface area contributed by atoms with E-state index in [4.69, 9.17) is 4.74 Å². The van der Waals surface area contributed by atoms with Crippen molar-refractivity contribution in [1.82, 2.24) is 9.88 Å². The maximum atomic E-state index is 14.8. The van der Waals surface area contributed by atoms with Crippen molar-refractivity contribution in [2.24, 2.45) is 0 Å². The van der Waals surface area contributed by atoms with E-state index in [0.717, 1.165) is 11.1 Å². The Labute approximate surface area is 184 Å². The predicted octanol–water partition coefficient (Wildman–Crippen LogP) is 4.16. The van der Waals surface area contributed by atoms with Gasteiger partial charge in [0, 0.05) is 30.1 Å². The molecule has 0 saturated carbocycles. The van der Waals surface area contributed by atoms with Crippen LogP contribution in [-0.4, -0.2) is 33.8 Å². The molecule has 6 nitrogen and oxygen atoms in total. The number of ketones is 1. The number of aliphatic hydroxyl groups is 1. The quantitative estimate of drug-likeness (QED) is 0.372. The molecular formula is C25H21FN2O4. The molecule has 0 bridgehead atoms. The zero-order valence-corrected chi connectivity index (χ0v) is 17.6. The van der Waals surface area contributed by atoms with Gasteiger partial charge in [0.15, 0.2) is 0 Å². The Kier molecular flexibility index (Phi) is 5.73. The number of aliphatic hydroxyl groups excluding tert-OH is 1. The van der Waals surface area contributed by atoms with Crippen molar-refractivity contribution in [3.63, 3.8) is 0 Å². The van der Waals surface area contributed by atoms with E-state index in [2.05, 4.69) is 4.98 Å². The second kappa shape index (κ2) is 8.63. The molecule has 32 heavy (non-hydrogen) atoms. The van der Waals surface area contributed by atoms with Gasteiger partial charge in [-0.05, 0) is 54.4 Å². The molecule has 1 aromatic heterocycles. The predicted molar refractivity (Wildman–Crippen MR) is 116 cm³/mol. The van der Waals surface area contributed by atoms with Crippen molar-refractivity contribution in [1.29, 1.82) is 0 Å². The standard InChI is InChI=1S/C25H21FN2O4/c1-15-13-17(7-8-20(15)32-2)23(29)21-22(18-5-3-4-6-19(18)26)28(25(31)24(21)30)14-16-9-11-27-12-10-16/h3-13,22,29H,14H2,1-2H3/b23-21+. The largest absolute Gasteiger partial charge is 0.507 e. The molecule has 1 fully saturated rings. The lowest BCUT2D eigenvalue weighted by atomic mass is 9.94. The highest BCUT2D eigenvalue weighted by Crippen LogP contribution is 2.41. The van der Waals surface area contributed by atoms with Gasteiger partial charge < -0.3 is 14.7 Å². The van der Waals surface area contributed by atoms with Gasteiger partial charge in [0.25, 0.3) is 11.7 Å². The number of halogens is 1. The molecule has 1 saturated heterocycles. The van der Waals surface area contributed by atoms with Crippen LogP contribution < -0.4 is 4.74 Å². The van der Waals surface area contributed by atoms with Crippen LogP contribution in [0.25, 0.3) is 5.76 Å². The lowest BCUT2D eigenvalue weighted by Crippen LogP contribution is -2.29. The molecule has 3 aromatic rings. The number of hydrogen-bond acceptors (Lipinski definition) is 5. The summed E-state index contributed by atoms with van der Waals surface area (Å²) in [6.45, 7) is 1.86. The fourth-order valence-electron chi connectivity index (χ4n) is 3.93. The van der Waals surface area contributed by atoms with Gasteiger partial charge in [0.1, 0.15) is 17.3 Å². The number of carbonyl (C=O) groups is 2. The van der Waals surface area contributed by atoms with Crippen molar-refractivity contribution >= 4 is 17.4 Å². The van der Waals surface area contributed by atoms with Gasteiger partial charge in [-0.3, -0.25) is 14.6 Å². The Morgan fingerprint density at radius 3 is 2.50 bits per heavy atom. The van der Waals surface area contributed by atoms with E-state index in [1.807, 2.05) is 0 Å². The Morgan fingerprint density at radius 2 is 1.84 bits per heavy atom. The van der Waals surface area contributed by atoms with Crippen molar-refractivity contribution < 1.29 is 23.8 Å². The van der Waals surface area contributed by atoms with Crippen molar-refractivity contribution in [3.8, 4) is 5.75 Å². The molecule has 2 aromatic carbocycles. The second-order valence-electron chi connectivity index (χ2n) is 7.49. The van der Waals surface area contributed by atoms with Gasteiger partial charge >= 0.3 is 0 Å². The summed E-state index contributed by atoms with van der Waals surface area (Å²) < 4.78 is 20.1. The van der Waals surface area contributed by atoms with Gasteiger partial charge in [-0.1, -0.05) is 18.2 Å². The van der Waals surface area contributed by atoms with Crippen molar-refractivity contribution in [3.05, 3.63) is 101 Å². The first kappa shape index (κ1) is 21.2. The van der Waals surface area contributed by atoms with Crippen LogP contribution in [0.4, 0.5) is 4.39 Å². The third-order valence-corrected chi connectivity index (χ3v) is 5.51. The van der Waals surface area contributed by atoms with Gasteiger partial charge in [-0.2, -0.15) is 0 Å². The van der Waals surface area contributed by atoms with E-state index in [1.165, 1.54) is 30.2 Å². The number of nitrogens with zero attached hydrogens (tertiary/aromatic N) is 2. The van der Waals surface area contributed by atoms with Crippen LogP contribution in [-0.2, 0) is 16.1 Å². The summed E-state index contributed by atoms with van der Waals surface area (Å²) in [7, 11) is 1.53. The molecule has 1 N–H and O–H groups in total. The number of amides is 1. The zero-order chi connectivity index (χ0) is 22.8. The first-order valence-electron chi connectivity index (χ1n) is 9.99. The molecule has 1 aliphatic heterocycles. The van der Waals surface area contributed by atoms with E-state index in [-0.39, 0.29) is 23.4 Å². The van der Waals surface area contributed by atoms with Gasteiger partial charge in [-0.15, -0.1) is 0 Å². The minimum atomic E-state index is -1.08. The summed E-state index contributed by atoms with van der Waals surface area (Å²) in [4.78, 5) is 31.3. The van der Waals surface area contributed by atoms with E-state index < -0.39 is 23.5 Å². The van der Waals surface area contributed by atoms with E-state index >= 15 is 0 Å². The summed E-state index contributed by atoms with van der Waals surface area (Å²) in [5.41, 5.74) is 1.78. The molecule has 1 atom stereocenters. The third-order valence-electron chi connectivity index (χ3n) is 5.51. The number of pyridine rings is 1. The molecule has 7 heteroatoms. The Hall–Kier alpha value is -4.00. The number of hydrogen-bond donors (Lipinski definition) is 1. The van der Waals surface area contributed by atoms with Crippen LogP contribution in [0, 0.1) is 12.7 Å². The van der Waals surface area contributed by atoms with E-state index in [9.17, 15) is 19.1 Å². The summed E-state index contributed by atoms with van der Waals surface area (Å²) >= 11 is 0. The van der Waals surface area contributed by atoms with Crippen LogP contribution >= 0.6 is 0 Å². The smallest absolute Gasteiger partial charge is 0.295 e. The monoisotopic (exact) mass is 432 g/mol. The highest BCUT2D eigenvalue weighted by atomic mass is 19.1. The lowest BCUT2D eigenvalue weighted by molar-refractivity contribution is -0.140.